The zero-order valence-electron chi connectivity index (χ0n) is 17.0. The monoisotopic (exact) mass is 388 g/mol. The summed E-state index contributed by atoms with van der Waals surface area (Å²) in [5, 5.41) is 8.82. The van der Waals surface area contributed by atoms with Gasteiger partial charge in [0, 0.05) is 13.8 Å². The van der Waals surface area contributed by atoms with Crippen LogP contribution in [0.5, 0.6) is 11.5 Å². The van der Waals surface area contributed by atoms with E-state index in [9.17, 15) is 0 Å². The molecule has 0 aromatic heterocycles. The maximum atomic E-state index is 8.82. The summed E-state index contributed by atoms with van der Waals surface area (Å²) in [4.78, 5) is 0. The zero-order chi connectivity index (χ0) is 21.1. The number of rotatable bonds is 7. The molecule has 0 heterocycles. The van der Waals surface area contributed by atoms with Gasteiger partial charge in [-0.25, -0.2) is 0 Å². The molecule has 0 aliphatic rings. The Morgan fingerprint density at radius 1 is 0.793 bits per heavy atom. The molecule has 0 unspecified atom stereocenters. The van der Waals surface area contributed by atoms with Gasteiger partial charge in [-0.3, -0.25) is 0 Å². The van der Waals surface area contributed by atoms with Crippen LogP contribution in [0.2, 0.25) is 0 Å². The van der Waals surface area contributed by atoms with E-state index in [4.69, 9.17) is 14.6 Å². The SMILES string of the molecule is C=Cc1ccc(O)cc1.C=Cc1ccc(OC(C)(C)OCc2ccccc2)cc1. The van der Waals surface area contributed by atoms with Crippen LogP contribution in [-0.4, -0.2) is 10.9 Å². The minimum Gasteiger partial charge on any atom is -0.508 e. The Balaban J connectivity index is 0.000000278. The summed E-state index contributed by atoms with van der Waals surface area (Å²) in [6, 6.07) is 24.7. The quantitative estimate of drug-likeness (QED) is 0.458. The molecule has 0 spiro atoms. The normalized spacial score (nSPS) is 10.4. The molecular weight excluding hydrogens is 360 g/mol. The van der Waals surface area contributed by atoms with Crippen molar-refractivity contribution in [1.82, 2.24) is 0 Å². The van der Waals surface area contributed by atoms with Crippen LogP contribution < -0.4 is 4.74 Å². The summed E-state index contributed by atoms with van der Waals surface area (Å²) in [7, 11) is 0. The number of hydrogen-bond acceptors (Lipinski definition) is 3. The molecule has 3 nitrogen and oxygen atoms in total. The average molecular weight is 389 g/mol. The molecule has 29 heavy (non-hydrogen) atoms. The van der Waals surface area contributed by atoms with Gasteiger partial charge in [0.25, 0.3) is 0 Å². The first kappa shape index (κ1) is 22.0. The lowest BCUT2D eigenvalue weighted by Gasteiger charge is -2.26. The van der Waals surface area contributed by atoms with Crippen LogP contribution in [-0.2, 0) is 11.3 Å². The van der Waals surface area contributed by atoms with Gasteiger partial charge in [0.2, 0.25) is 5.79 Å². The first-order valence-electron chi connectivity index (χ1n) is 9.43. The molecule has 1 N–H and O–H groups in total. The molecular formula is C26H28O3. The Labute approximate surface area is 173 Å². The van der Waals surface area contributed by atoms with Gasteiger partial charge in [-0.2, -0.15) is 0 Å². The van der Waals surface area contributed by atoms with Crippen LogP contribution in [0.3, 0.4) is 0 Å². The van der Waals surface area contributed by atoms with Crippen molar-refractivity contribution in [2.45, 2.75) is 26.2 Å². The highest BCUT2D eigenvalue weighted by Gasteiger charge is 2.20. The van der Waals surface area contributed by atoms with Crippen LogP contribution in [0, 0.1) is 0 Å². The Kier molecular flexibility index (Phi) is 8.26. The summed E-state index contributed by atoms with van der Waals surface area (Å²) < 4.78 is 11.7. The van der Waals surface area contributed by atoms with Crippen LogP contribution in [0.15, 0.2) is 92.0 Å². The first-order valence-corrected chi connectivity index (χ1v) is 9.43. The first-order chi connectivity index (χ1) is 13.9. The van der Waals surface area contributed by atoms with Gasteiger partial charge in [0.1, 0.15) is 11.5 Å². The summed E-state index contributed by atoms with van der Waals surface area (Å²) in [6.45, 7) is 11.7. The van der Waals surface area contributed by atoms with Crippen LogP contribution in [0.25, 0.3) is 12.2 Å². The third-order valence-corrected chi connectivity index (χ3v) is 4.04. The molecule has 0 aliphatic carbocycles. The molecule has 0 fully saturated rings. The highest BCUT2D eigenvalue weighted by Crippen LogP contribution is 2.21. The fraction of sp³-hybridized carbons (Fsp3) is 0.154. The molecule has 0 amide bonds. The highest BCUT2D eigenvalue weighted by molar-refractivity contribution is 5.48. The molecule has 0 atom stereocenters. The zero-order valence-corrected chi connectivity index (χ0v) is 17.0. The average Bonchev–Trinajstić information content (AvgIpc) is 2.74. The number of ether oxygens (including phenoxy) is 2. The van der Waals surface area contributed by atoms with Crippen molar-refractivity contribution in [3.05, 3.63) is 109 Å². The third-order valence-electron chi connectivity index (χ3n) is 4.04. The van der Waals surface area contributed by atoms with Crippen molar-refractivity contribution in [3.8, 4) is 11.5 Å². The van der Waals surface area contributed by atoms with E-state index in [2.05, 4.69) is 13.2 Å². The second-order valence-corrected chi connectivity index (χ2v) is 6.84. The van der Waals surface area contributed by atoms with E-state index in [0.29, 0.717) is 12.4 Å². The van der Waals surface area contributed by atoms with E-state index in [1.807, 2.05) is 80.6 Å². The third kappa shape index (κ3) is 8.08. The van der Waals surface area contributed by atoms with Crippen molar-refractivity contribution in [2.24, 2.45) is 0 Å². The largest absolute Gasteiger partial charge is 0.508 e. The number of phenols is 1. The van der Waals surface area contributed by atoms with Crippen molar-refractivity contribution in [3.63, 3.8) is 0 Å². The van der Waals surface area contributed by atoms with Crippen LogP contribution >= 0.6 is 0 Å². The van der Waals surface area contributed by atoms with E-state index in [-0.39, 0.29) is 0 Å². The van der Waals surface area contributed by atoms with E-state index in [1.54, 1.807) is 24.3 Å². The lowest BCUT2D eigenvalue weighted by atomic mass is 10.2. The van der Waals surface area contributed by atoms with Gasteiger partial charge in [-0.05, 0) is 41.0 Å². The lowest BCUT2D eigenvalue weighted by Crippen LogP contribution is -2.31. The van der Waals surface area contributed by atoms with E-state index in [0.717, 1.165) is 22.4 Å². The van der Waals surface area contributed by atoms with Gasteiger partial charge in [0.05, 0.1) is 6.61 Å². The maximum absolute atomic E-state index is 8.82. The number of phenolic OH excluding ortho intramolecular Hbond substituents is 1. The van der Waals surface area contributed by atoms with Crippen LogP contribution in [0.1, 0.15) is 30.5 Å². The molecule has 0 aliphatic heterocycles. The van der Waals surface area contributed by atoms with Gasteiger partial charge in [0.15, 0.2) is 0 Å². The predicted octanol–water partition coefficient (Wildman–Crippen LogP) is 6.70. The maximum Gasteiger partial charge on any atom is 0.205 e. The molecule has 150 valence electrons. The van der Waals surface area contributed by atoms with E-state index in [1.165, 1.54) is 0 Å². The standard InChI is InChI=1S/C18H20O2.C8H8O/c1-4-15-10-12-17(13-11-15)20-18(2,3)19-14-16-8-6-5-7-9-16;1-2-7-3-5-8(9)6-4-7/h4-13H,1,14H2,2-3H3;2-6,9H,1H2. The molecule has 3 rings (SSSR count). The summed E-state index contributed by atoms with van der Waals surface area (Å²) in [5.74, 6) is 0.403. The topological polar surface area (TPSA) is 38.7 Å². The smallest absolute Gasteiger partial charge is 0.205 e. The fourth-order valence-electron chi connectivity index (χ4n) is 2.43. The minimum absolute atomic E-state index is 0.292. The van der Waals surface area contributed by atoms with E-state index < -0.39 is 5.79 Å². The number of benzene rings is 3. The minimum atomic E-state index is -0.675. The van der Waals surface area contributed by atoms with Crippen LogP contribution in [0.4, 0.5) is 0 Å². The van der Waals surface area contributed by atoms with Gasteiger partial charge < -0.3 is 14.6 Å². The van der Waals surface area contributed by atoms with Crippen molar-refractivity contribution in [1.29, 1.82) is 0 Å². The Hall–Kier alpha value is -3.30. The number of hydrogen-bond donors (Lipinski definition) is 1. The Morgan fingerprint density at radius 2 is 1.31 bits per heavy atom. The molecule has 0 radical (unpaired) electrons. The highest BCUT2D eigenvalue weighted by atomic mass is 16.7. The van der Waals surface area contributed by atoms with Gasteiger partial charge in [-0.1, -0.05) is 79.9 Å². The second-order valence-electron chi connectivity index (χ2n) is 6.84. The second kappa shape index (κ2) is 10.9. The Morgan fingerprint density at radius 3 is 1.83 bits per heavy atom. The molecule has 3 aromatic rings. The van der Waals surface area contributed by atoms with Gasteiger partial charge >= 0.3 is 0 Å². The molecule has 0 saturated carbocycles. The lowest BCUT2D eigenvalue weighted by molar-refractivity contribution is -0.164. The van der Waals surface area contributed by atoms with Crippen molar-refractivity contribution in [2.75, 3.05) is 0 Å². The number of aromatic hydroxyl groups is 1. The predicted molar refractivity (Wildman–Crippen MR) is 121 cm³/mol. The van der Waals surface area contributed by atoms with Crippen molar-refractivity contribution < 1.29 is 14.6 Å². The molecule has 0 bridgehead atoms. The Bertz CT molecular complexity index is 880. The molecule has 3 heteroatoms. The molecule has 3 aromatic carbocycles. The summed E-state index contributed by atoms with van der Waals surface area (Å²) in [6.07, 6.45) is 3.54. The van der Waals surface area contributed by atoms with Crippen molar-refractivity contribution >= 4 is 12.2 Å². The summed E-state index contributed by atoms with van der Waals surface area (Å²) >= 11 is 0. The fourth-order valence-corrected chi connectivity index (χ4v) is 2.43. The van der Waals surface area contributed by atoms with E-state index >= 15 is 0 Å². The molecule has 0 saturated heterocycles. The van der Waals surface area contributed by atoms with Gasteiger partial charge in [-0.15, -0.1) is 0 Å². The summed E-state index contributed by atoms with van der Waals surface area (Å²) in [5.41, 5.74) is 3.22.